The second kappa shape index (κ2) is 8.60. The van der Waals surface area contributed by atoms with E-state index in [9.17, 15) is 10.2 Å². The van der Waals surface area contributed by atoms with Crippen LogP contribution in [0, 0.1) is 0 Å². The van der Waals surface area contributed by atoms with Crippen LogP contribution in [-0.2, 0) is 21.7 Å². The third kappa shape index (κ3) is 3.63. The smallest absolute Gasteiger partial charge is 0.124 e. The van der Waals surface area contributed by atoms with Gasteiger partial charge in [-0.25, -0.2) is 0 Å². The molecule has 0 fully saturated rings. The normalized spacial score (nSPS) is 9.76. The fourth-order valence-electron chi connectivity index (χ4n) is 3.05. The van der Waals surface area contributed by atoms with E-state index in [0.29, 0.717) is 11.1 Å². The molecular formula is C20H16Cl2O2Ti. The second-order valence-electron chi connectivity index (χ2n) is 5.36. The summed E-state index contributed by atoms with van der Waals surface area (Å²) < 4.78 is 0. The molecule has 0 heterocycles. The van der Waals surface area contributed by atoms with Crippen molar-refractivity contribution in [3.8, 4) is 22.6 Å². The van der Waals surface area contributed by atoms with Crippen molar-refractivity contribution in [3.05, 3.63) is 72.8 Å². The molecule has 0 unspecified atom stereocenters. The van der Waals surface area contributed by atoms with Crippen LogP contribution in [0.1, 0.15) is 0 Å². The SMILES string of the molecule is Cl.Cl.Oc1ccc2ccccc2c1-c1c(O)ccc2ccccc12.[Ti]. The third-order valence-electron chi connectivity index (χ3n) is 4.06. The molecule has 0 radical (unpaired) electrons. The van der Waals surface area contributed by atoms with Crippen molar-refractivity contribution in [2.24, 2.45) is 0 Å². The Morgan fingerprint density at radius 3 is 1.24 bits per heavy atom. The number of benzene rings is 4. The maximum Gasteiger partial charge on any atom is 0.124 e. The number of fused-ring (bicyclic) bond motifs is 2. The number of hydrogen-bond acceptors (Lipinski definition) is 2. The number of phenolic OH excluding ortho intramolecular Hbond substituents is 2. The van der Waals surface area contributed by atoms with E-state index in [1.807, 2.05) is 60.7 Å². The Hall–Kier alpha value is -1.71. The maximum atomic E-state index is 10.4. The molecule has 2 nitrogen and oxygen atoms in total. The van der Waals surface area contributed by atoms with E-state index in [4.69, 9.17) is 0 Å². The average Bonchev–Trinajstić information content (AvgIpc) is 2.56. The van der Waals surface area contributed by atoms with Crippen molar-refractivity contribution >= 4 is 46.4 Å². The van der Waals surface area contributed by atoms with Gasteiger partial charge in [0.05, 0.1) is 0 Å². The first-order valence-electron chi connectivity index (χ1n) is 7.17. The first-order valence-corrected chi connectivity index (χ1v) is 7.17. The molecule has 0 aliphatic rings. The molecule has 0 amide bonds. The van der Waals surface area contributed by atoms with Gasteiger partial charge in [0.1, 0.15) is 11.5 Å². The van der Waals surface area contributed by atoms with E-state index >= 15 is 0 Å². The first-order chi connectivity index (χ1) is 10.8. The standard InChI is InChI=1S/C20H14O2.2ClH.Ti/c21-17-11-9-13-5-1-3-7-15(13)19(17)20-16-8-4-2-6-14(16)10-12-18(20)22;;;/h1-12,21-22H;2*1H;. The van der Waals surface area contributed by atoms with Crippen molar-refractivity contribution in [3.63, 3.8) is 0 Å². The summed E-state index contributed by atoms with van der Waals surface area (Å²) in [6.45, 7) is 0. The molecule has 0 saturated carbocycles. The molecular weight excluding hydrogens is 391 g/mol. The van der Waals surface area contributed by atoms with Gasteiger partial charge >= 0.3 is 0 Å². The molecule has 0 aliphatic heterocycles. The predicted molar refractivity (Wildman–Crippen MR) is 105 cm³/mol. The van der Waals surface area contributed by atoms with Crippen LogP contribution >= 0.6 is 24.8 Å². The molecule has 2 N–H and O–H groups in total. The summed E-state index contributed by atoms with van der Waals surface area (Å²) in [5.41, 5.74) is 1.35. The average molecular weight is 407 g/mol. The topological polar surface area (TPSA) is 40.5 Å². The Morgan fingerprint density at radius 2 is 0.840 bits per heavy atom. The van der Waals surface area contributed by atoms with Crippen LogP contribution in [0.3, 0.4) is 0 Å². The van der Waals surface area contributed by atoms with Gasteiger partial charge in [0.15, 0.2) is 0 Å². The Bertz CT molecular complexity index is 936. The van der Waals surface area contributed by atoms with Crippen molar-refractivity contribution in [2.45, 2.75) is 0 Å². The molecule has 4 aromatic rings. The minimum Gasteiger partial charge on any atom is -0.507 e. The summed E-state index contributed by atoms with van der Waals surface area (Å²) in [4.78, 5) is 0. The van der Waals surface area contributed by atoms with Gasteiger partial charge in [0.2, 0.25) is 0 Å². The van der Waals surface area contributed by atoms with Gasteiger partial charge in [-0.1, -0.05) is 60.7 Å². The van der Waals surface area contributed by atoms with Gasteiger partial charge in [-0.2, -0.15) is 0 Å². The van der Waals surface area contributed by atoms with E-state index in [-0.39, 0.29) is 58.0 Å². The molecule has 0 aromatic heterocycles. The molecule has 0 bridgehead atoms. The summed E-state index contributed by atoms with van der Waals surface area (Å²) in [7, 11) is 0. The number of rotatable bonds is 1. The fraction of sp³-hybridized carbons (Fsp3) is 0. The monoisotopic (exact) mass is 406 g/mol. The molecule has 5 heteroatoms. The van der Waals surface area contributed by atoms with E-state index in [2.05, 4.69) is 0 Å². The molecule has 126 valence electrons. The van der Waals surface area contributed by atoms with Crippen LogP contribution in [0.4, 0.5) is 0 Å². The van der Waals surface area contributed by atoms with Gasteiger partial charge in [-0.15, -0.1) is 24.8 Å². The van der Waals surface area contributed by atoms with Gasteiger partial charge < -0.3 is 10.2 Å². The maximum absolute atomic E-state index is 10.4. The summed E-state index contributed by atoms with van der Waals surface area (Å²) in [6.07, 6.45) is 0. The van der Waals surface area contributed by atoms with Crippen molar-refractivity contribution in [1.82, 2.24) is 0 Å². The third-order valence-corrected chi connectivity index (χ3v) is 4.06. The van der Waals surface area contributed by atoms with Gasteiger partial charge in [-0.3, -0.25) is 0 Å². The Kier molecular flexibility index (Phi) is 7.34. The van der Waals surface area contributed by atoms with Crippen LogP contribution in [-0.4, -0.2) is 10.2 Å². The van der Waals surface area contributed by atoms with E-state index in [1.165, 1.54) is 0 Å². The van der Waals surface area contributed by atoms with E-state index < -0.39 is 0 Å². The summed E-state index contributed by atoms with van der Waals surface area (Å²) in [5.74, 6) is 0.343. The number of halogens is 2. The fourth-order valence-corrected chi connectivity index (χ4v) is 3.05. The zero-order chi connectivity index (χ0) is 15.1. The molecule has 4 rings (SSSR count). The first kappa shape index (κ1) is 21.3. The minimum atomic E-state index is 0. The summed E-state index contributed by atoms with van der Waals surface area (Å²) in [6, 6.07) is 22.9. The molecule has 0 aliphatic carbocycles. The zero-order valence-corrected chi connectivity index (χ0v) is 16.3. The number of hydrogen-bond donors (Lipinski definition) is 2. The molecule has 0 spiro atoms. The largest absolute Gasteiger partial charge is 0.507 e. The van der Waals surface area contributed by atoms with Crippen molar-refractivity contribution in [2.75, 3.05) is 0 Å². The van der Waals surface area contributed by atoms with Crippen LogP contribution in [0.25, 0.3) is 32.7 Å². The Morgan fingerprint density at radius 1 is 0.480 bits per heavy atom. The number of aromatic hydroxyl groups is 2. The minimum absolute atomic E-state index is 0. The quantitative estimate of drug-likeness (QED) is 0.385. The molecule has 4 aromatic carbocycles. The molecule has 0 atom stereocenters. The second-order valence-corrected chi connectivity index (χ2v) is 5.36. The van der Waals surface area contributed by atoms with E-state index in [0.717, 1.165) is 21.5 Å². The van der Waals surface area contributed by atoms with Crippen molar-refractivity contribution in [1.29, 1.82) is 0 Å². The van der Waals surface area contributed by atoms with Crippen LogP contribution in [0.15, 0.2) is 72.8 Å². The molecule has 0 saturated heterocycles. The van der Waals surface area contributed by atoms with Crippen LogP contribution < -0.4 is 0 Å². The number of phenols is 2. The Balaban J connectivity index is 0.00000104. The van der Waals surface area contributed by atoms with Crippen molar-refractivity contribution < 1.29 is 31.9 Å². The predicted octanol–water partition coefficient (Wildman–Crippen LogP) is 5.91. The van der Waals surface area contributed by atoms with Crippen LogP contribution in [0.2, 0.25) is 0 Å². The van der Waals surface area contributed by atoms with E-state index in [1.54, 1.807) is 12.1 Å². The zero-order valence-electron chi connectivity index (χ0n) is 13.1. The van der Waals surface area contributed by atoms with Gasteiger partial charge in [-0.05, 0) is 33.7 Å². The molecule has 25 heavy (non-hydrogen) atoms. The summed E-state index contributed by atoms with van der Waals surface area (Å²) in [5, 5.41) is 24.8. The van der Waals surface area contributed by atoms with Gasteiger partial charge in [0, 0.05) is 32.8 Å². The summed E-state index contributed by atoms with van der Waals surface area (Å²) >= 11 is 0. The Labute approximate surface area is 173 Å². The van der Waals surface area contributed by atoms with Crippen LogP contribution in [0.5, 0.6) is 11.5 Å². The van der Waals surface area contributed by atoms with Gasteiger partial charge in [0.25, 0.3) is 0 Å².